The topological polar surface area (TPSA) is 192 Å². The molecule has 258 valence electrons. The second-order valence-electron chi connectivity index (χ2n) is 12.6. The molecule has 14 heteroatoms. The SMILES string of the molecule is CCC1(C(=O)O)C(C)NC(C)C(CCOC(=O)CC(c2ccc(Cn3ccnc3)cc2)n2ccnc2)(C(=O)O)C1c1cccc([N+](=O)[O-])c1. The number of benzene rings is 2. The lowest BCUT2D eigenvalue weighted by Gasteiger charge is -2.57. The van der Waals surface area contributed by atoms with E-state index < -0.39 is 57.7 Å². The lowest BCUT2D eigenvalue weighted by atomic mass is 9.50. The van der Waals surface area contributed by atoms with Gasteiger partial charge in [-0.25, -0.2) is 9.97 Å². The summed E-state index contributed by atoms with van der Waals surface area (Å²) in [7, 11) is 0. The highest BCUT2D eigenvalue weighted by molar-refractivity contribution is 5.84. The minimum atomic E-state index is -1.81. The highest BCUT2D eigenvalue weighted by Crippen LogP contribution is 2.58. The number of carboxylic acids is 2. The second-order valence-corrected chi connectivity index (χ2v) is 12.6. The number of nitrogens with one attached hydrogen (secondary N) is 1. The number of carbonyl (C=O) groups is 3. The van der Waals surface area contributed by atoms with Crippen LogP contribution in [0.2, 0.25) is 0 Å². The molecular formula is C35H40N6O8. The van der Waals surface area contributed by atoms with Crippen molar-refractivity contribution in [2.75, 3.05) is 6.61 Å². The Morgan fingerprint density at radius 3 is 2.27 bits per heavy atom. The van der Waals surface area contributed by atoms with Crippen LogP contribution in [-0.2, 0) is 25.7 Å². The first-order valence-electron chi connectivity index (χ1n) is 16.1. The van der Waals surface area contributed by atoms with E-state index in [0.717, 1.165) is 11.1 Å². The second kappa shape index (κ2) is 14.4. The molecule has 3 N–H and O–H groups in total. The molecule has 0 bridgehead atoms. The van der Waals surface area contributed by atoms with Crippen molar-refractivity contribution in [3.05, 3.63) is 113 Å². The Balaban J connectivity index is 1.41. The molecule has 1 aliphatic rings. The maximum absolute atomic E-state index is 13.4. The number of aliphatic carboxylic acids is 2. The Hall–Kier alpha value is -5.37. The third-order valence-corrected chi connectivity index (χ3v) is 10.2. The van der Waals surface area contributed by atoms with E-state index in [0.29, 0.717) is 6.54 Å². The third kappa shape index (κ3) is 6.68. The zero-order chi connectivity index (χ0) is 35.3. The average molecular weight is 673 g/mol. The van der Waals surface area contributed by atoms with Crippen molar-refractivity contribution in [1.29, 1.82) is 0 Å². The molecule has 0 amide bonds. The molecule has 2 aromatic carbocycles. The van der Waals surface area contributed by atoms with Gasteiger partial charge in [0, 0.05) is 61.5 Å². The van der Waals surface area contributed by atoms with Gasteiger partial charge in [-0.1, -0.05) is 43.3 Å². The van der Waals surface area contributed by atoms with E-state index in [2.05, 4.69) is 15.3 Å². The molecule has 1 fully saturated rings. The number of nitro benzene ring substituents is 1. The molecule has 6 unspecified atom stereocenters. The summed E-state index contributed by atoms with van der Waals surface area (Å²) in [6.07, 6.45) is 9.98. The number of hydrogen-bond acceptors (Lipinski definition) is 9. The van der Waals surface area contributed by atoms with Crippen molar-refractivity contribution >= 4 is 23.6 Å². The van der Waals surface area contributed by atoms with Crippen LogP contribution in [0.25, 0.3) is 0 Å². The van der Waals surface area contributed by atoms with Crippen molar-refractivity contribution in [3.8, 4) is 0 Å². The summed E-state index contributed by atoms with van der Waals surface area (Å²) in [6.45, 7) is 5.32. The Morgan fingerprint density at radius 1 is 1.00 bits per heavy atom. The monoisotopic (exact) mass is 672 g/mol. The molecule has 0 aliphatic carbocycles. The van der Waals surface area contributed by atoms with Crippen LogP contribution in [0, 0.1) is 20.9 Å². The first-order valence-corrected chi connectivity index (χ1v) is 16.1. The van der Waals surface area contributed by atoms with Crippen molar-refractivity contribution < 1.29 is 34.3 Å². The zero-order valence-corrected chi connectivity index (χ0v) is 27.5. The van der Waals surface area contributed by atoms with Crippen LogP contribution >= 0.6 is 0 Å². The number of non-ortho nitro benzene ring substituents is 1. The van der Waals surface area contributed by atoms with E-state index in [1.165, 1.54) is 24.3 Å². The summed E-state index contributed by atoms with van der Waals surface area (Å²) in [5, 5.41) is 36.5. The van der Waals surface area contributed by atoms with E-state index >= 15 is 0 Å². The van der Waals surface area contributed by atoms with Crippen molar-refractivity contribution in [3.63, 3.8) is 0 Å². The van der Waals surface area contributed by atoms with Gasteiger partial charge >= 0.3 is 17.9 Å². The molecule has 2 aromatic heterocycles. The summed E-state index contributed by atoms with van der Waals surface area (Å²) >= 11 is 0. The fraction of sp³-hybridized carbons (Fsp3) is 0.400. The fourth-order valence-corrected chi connectivity index (χ4v) is 7.63. The number of carboxylic acid groups (broad SMARTS) is 2. The molecule has 6 atom stereocenters. The predicted molar refractivity (Wildman–Crippen MR) is 177 cm³/mol. The molecular weight excluding hydrogens is 632 g/mol. The first kappa shape index (κ1) is 35.0. The molecule has 0 spiro atoms. The molecule has 5 rings (SSSR count). The van der Waals surface area contributed by atoms with Gasteiger partial charge in [-0.2, -0.15) is 0 Å². The van der Waals surface area contributed by atoms with Gasteiger partial charge in [-0.15, -0.1) is 0 Å². The number of piperidine rings is 1. The third-order valence-electron chi connectivity index (χ3n) is 10.2. The normalized spacial score (nSPS) is 24.2. The number of nitrogens with zero attached hydrogens (tertiary/aromatic N) is 5. The van der Waals surface area contributed by atoms with Crippen LogP contribution in [0.4, 0.5) is 5.69 Å². The number of rotatable bonds is 14. The van der Waals surface area contributed by atoms with Crippen LogP contribution in [0.15, 0.2) is 86.0 Å². The minimum Gasteiger partial charge on any atom is -0.481 e. The Kier molecular flexibility index (Phi) is 10.3. The van der Waals surface area contributed by atoms with Crippen LogP contribution in [0.3, 0.4) is 0 Å². The fourth-order valence-electron chi connectivity index (χ4n) is 7.63. The molecule has 14 nitrogen and oxygen atoms in total. The summed E-state index contributed by atoms with van der Waals surface area (Å²) < 4.78 is 9.45. The van der Waals surface area contributed by atoms with Crippen LogP contribution < -0.4 is 5.32 Å². The molecule has 4 aromatic rings. The Labute approximate surface area is 282 Å². The number of nitro groups is 1. The summed E-state index contributed by atoms with van der Waals surface area (Å²) in [6, 6.07) is 11.4. The largest absolute Gasteiger partial charge is 0.481 e. The minimum absolute atomic E-state index is 0.0408. The quantitative estimate of drug-likeness (QED) is 0.0958. The first-order chi connectivity index (χ1) is 23.4. The lowest BCUT2D eigenvalue weighted by molar-refractivity contribution is -0.385. The lowest BCUT2D eigenvalue weighted by Crippen LogP contribution is -2.69. The number of carbonyl (C=O) groups excluding carboxylic acids is 1. The molecule has 3 heterocycles. The van der Waals surface area contributed by atoms with Gasteiger partial charge in [0.1, 0.15) is 0 Å². The van der Waals surface area contributed by atoms with Gasteiger partial charge in [-0.3, -0.25) is 24.5 Å². The highest BCUT2D eigenvalue weighted by Gasteiger charge is 2.66. The molecule has 0 radical (unpaired) electrons. The van der Waals surface area contributed by atoms with Gasteiger partial charge in [0.15, 0.2) is 0 Å². The number of ether oxygens (including phenoxy) is 1. The van der Waals surface area contributed by atoms with Crippen molar-refractivity contribution in [2.24, 2.45) is 10.8 Å². The van der Waals surface area contributed by atoms with Crippen LogP contribution in [0.1, 0.15) is 68.7 Å². The van der Waals surface area contributed by atoms with E-state index in [1.54, 1.807) is 56.6 Å². The average Bonchev–Trinajstić information content (AvgIpc) is 3.80. The van der Waals surface area contributed by atoms with E-state index in [4.69, 9.17) is 4.74 Å². The van der Waals surface area contributed by atoms with E-state index in [1.807, 2.05) is 35.0 Å². The van der Waals surface area contributed by atoms with Crippen molar-refractivity contribution in [1.82, 2.24) is 24.4 Å². The maximum atomic E-state index is 13.4. The Bertz CT molecular complexity index is 1780. The summed E-state index contributed by atoms with van der Waals surface area (Å²) in [5.41, 5.74) is -1.64. The standard InChI is InChI=1S/C35H40N6O8/c1-4-34(32(43)44)23(2)38-24(3)35(33(45)46,31(34)27-6-5-7-28(18-27)41(47)48)12-17-49-30(42)19-29(40-16-14-37-22-40)26-10-8-25(9-11-26)20-39-15-13-36-21-39/h5-11,13-16,18,21-24,29,31,38H,4,12,17,19-20H2,1-3H3,(H,43,44)(H,45,46). The maximum Gasteiger partial charge on any atom is 0.312 e. The van der Waals surface area contributed by atoms with Crippen molar-refractivity contribution in [2.45, 2.75) is 70.6 Å². The van der Waals surface area contributed by atoms with Gasteiger partial charge in [0.05, 0.1) is 47.5 Å². The number of aromatic nitrogens is 4. The molecule has 1 aliphatic heterocycles. The van der Waals surface area contributed by atoms with Gasteiger partial charge in [0.2, 0.25) is 0 Å². The molecule has 49 heavy (non-hydrogen) atoms. The smallest absolute Gasteiger partial charge is 0.312 e. The van der Waals surface area contributed by atoms with E-state index in [-0.39, 0.29) is 37.1 Å². The summed E-state index contributed by atoms with van der Waals surface area (Å²) in [5.74, 6) is -4.30. The van der Waals surface area contributed by atoms with Crippen LogP contribution in [-0.4, -0.2) is 70.8 Å². The number of imidazole rings is 2. The van der Waals surface area contributed by atoms with Gasteiger partial charge in [0.25, 0.3) is 5.69 Å². The molecule has 0 saturated carbocycles. The number of hydrogen-bond donors (Lipinski definition) is 3. The van der Waals surface area contributed by atoms with E-state index in [9.17, 15) is 34.7 Å². The van der Waals surface area contributed by atoms with Gasteiger partial charge < -0.3 is 29.4 Å². The highest BCUT2D eigenvalue weighted by atomic mass is 16.6. The molecule has 1 saturated heterocycles. The number of esters is 1. The van der Waals surface area contributed by atoms with Crippen LogP contribution in [0.5, 0.6) is 0 Å². The predicted octanol–water partition coefficient (Wildman–Crippen LogP) is 4.66. The zero-order valence-electron chi connectivity index (χ0n) is 27.5. The summed E-state index contributed by atoms with van der Waals surface area (Å²) in [4.78, 5) is 59.3. The Morgan fingerprint density at radius 2 is 1.67 bits per heavy atom. The van der Waals surface area contributed by atoms with Gasteiger partial charge in [-0.05, 0) is 43.4 Å².